The van der Waals surface area contributed by atoms with Gasteiger partial charge in [-0.25, -0.2) is 9.37 Å². The summed E-state index contributed by atoms with van der Waals surface area (Å²) in [6, 6.07) is 7.84. The Morgan fingerprint density at radius 3 is 2.56 bits per heavy atom. The van der Waals surface area contributed by atoms with Gasteiger partial charge < -0.3 is 10.6 Å². The minimum absolute atomic E-state index is 0.272. The van der Waals surface area contributed by atoms with E-state index in [4.69, 9.17) is 17.3 Å². The van der Waals surface area contributed by atoms with Crippen molar-refractivity contribution in [2.45, 2.75) is 6.92 Å². The molecule has 0 bridgehead atoms. The van der Waals surface area contributed by atoms with Crippen LogP contribution in [0.3, 0.4) is 0 Å². The second kappa shape index (κ2) is 5.23. The summed E-state index contributed by atoms with van der Waals surface area (Å²) in [4.78, 5) is 6.11. The maximum atomic E-state index is 12.9. The van der Waals surface area contributed by atoms with Crippen molar-refractivity contribution >= 4 is 28.8 Å². The minimum Gasteiger partial charge on any atom is -0.397 e. The highest BCUT2D eigenvalue weighted by atomic mass is 35.5. The van der Waals surface area contributed by atoms with Gasteiger partial charge in [-0.15, -0.1) is 0 Å². The lowest BCUT2D eigenvalue weighted by molar-refractivity contribution is 0.628. The normalized spacial score (nSPS) is 10.4. The van der Waals surface area contributed by atoms with Crippen LogP contribution in [-0.2, 0) is 0 Å². The van der Waals surface area contributed by atoms with Crippen LogP contribution in [0.5, 0.6) is 0 Å². The highest BCUT2D eigenvalue weighted by Gasteiger charge is 2.12. The molecule has 0 radical (unpaired) electrons. The number of nitrogen functional groups attached to an aromatic ring is 1. The molecule has 0 atom stereocenters. The number of anilines is 3. The first-order valence-electron chi connectivity index (χ1n) is 5.56. The first-order chi connectivity index (χ1) is 8.61. The topological polar surface area (TPSA) is 42.2 Å². The Labute approximate surface area is 110 Å². The van der Waals surface area contributed by atoms with E-state index in [1.807, 2.05) is 11.8 Å². The SMILES string of the molecule is CCN(c1ccc(F)cc1)c1ncc(N)cc1Cl. The fraction of sp³-hybridized carbons (Fsp3) is 0.154. The average Bonchev–Trinajstić information content (AvgIpc) is 2.35. The molecule has 1 aromatic heterocycles. The molecule has 0 unspecified atom stereocenters. The Bertz CT molecular complexity index is 542. The molecule has 2 aromatic rings. The molecular weight excluding hydrogens is 253 g/mol. The molecule has 0 aliphatic carbocycles. The molecule has 0 saturated heterocycles. The molecule has 94 valence electrons. The molecule has 18 heavy (non-hydrogen) atoms. The number of hydrogen-bond donors (Lipinski definition) is 1. The molecule has 3 nitrogen and oxygen atoms in total. The van der Waals surface area contributed by atoms with Gasteiger partial charge >= 0.3 is 0 Å². The van der Waals surface area contributed by atoms with Crippen molar-refractivity contribution in [2.24, 2.45) is 0 Å². The average molecular weight is 266 g/mol. The summed E-state index contributed by atoms with van der Waals surface area (Å²) in [6.07, 6.45) is 1.55. The summed E-state index contributed by atoms with van der Waals surface area (Å²) in [5.41, 5.74) is 6.96. The summed E-state index contributed by atoms with van der Waals surface area (Å²) in [7, 11) is 0. The monoisotopic (exact) mass is 265 g/mol. The lowest BCUT2D eigenvalue weighted by atomic mass is 10.2. The molecule has 0 aliphatic rings. The van der Waals surface area contributed by atoms with E-state index in [2.05, 4.69) is 4.98 Å². The van der Waals surface area contributed by atoms with Crippen molar-refractivity contribution in [3.05, 3.63) is 47.4 Å². The smallest absolute Gasteiger partial charge is 0.151 e. The van der Waals surface area contributed by atoms with Crippen LogP contribution in [0.15, 0.2) is 36.5 Å². The van der Waals surface area contributed by atoms with Gasteiger partial charge in [-0.1, -0.05) is 11.6 Å². The van der Waals surface area contributed by atoms with Crippen LogP contribution in [-0.4, -0.2) is 11.5 Å². The minimum atomic E-state index is -0.272. The second-order valence-corrected chi connectivity index (χ2v) is 4.20. The van der Waals surface area contributed by atoms with Crippen LogP contribution in [0, 0.1) is 5.82 Å². The molecule has 0 saturated carbocycles. The van der Waals surface area contributed by atoms with E-state index in [0.29, 0.717) is 23.1 Å². The third kappa shape index (κ3) is 2.54. The molecule has 1 aromatic carbocycles. The Morgan fingerprint density at radius 1 is 1.33 bits per heavy atom. The van der Waals surface area contributed by atoms with Crippen LogP contribution in [0.1, 0.15) is 6.92 Å². The molecule has 5 heteroatoms. The number of rotatable bonds is 3. The van der Waals surface area contributed by atoms with Crippen molar-refractivity contribution in [1.29, 1.82) is 0 Å². The Kier molecular flexibility index (Phi) is 3.67. The Hall–Kier alpha value is -1.81. The van der Waals surface area contributed by atoms with Gasteiger partial charge in [0.2, 0.25) is 0 Å². The van der Waals surface area contributed by atoms with Gasteiger partial charge in [0.05, 0.1) is 16.9 Å². The van der Waals surface area contributed by atoms with Gasteiger partial charge in [-0.2, -0.15) is 0 Å². The van der Waals surface area contributed by atoms with Gasteiger partial charge in [0.15, 0.2) is 5.82 Å². The third-order valence-electron chi connectivity index (χ3n) is 2.55. The predicted octanol–water partition coefficient (Wildman–Crippen LogP) is 3.61. The maximum Gasteiger partial charge on any atom is 0.151 e. The zero-order valence-electron chi connectivity index (χ0n) is 9.90. The number of nitrogens with zero attached hydrogens (tertiary/aromatic N) is 2. The number of aromatic nitrogens is 1. The van der Waals surface area contributed by atoms with Crippen LogP contribution in [0.4, 0.5) is 21.6 Å². The Morgan fingerprint density at radius 2 is 2.00 bits per heavy atom. The molecule has 0 aliphatic heterocycles. The van der Waals surface area contributed by atoms with Gasteiger partial charge in [0.1, 0.15) is 5.82 Å². The Balaban J connectivity index is 2.41. The van der Waals surface area contributed by atoms with Gasteiger partial charge in [0.25, 0.3) is 0 Å². The van der Waals surface area contributed by atoms with Gasteiger partial charge in [0, 0.05) is 12.2 Å². The number of halogens is 2. The molecule has 0 spiro atoms. The highest BCUT2D eigenvalue weighted by Crippen LogP contribution is 2.30. The van der Waals surface area contributed by atoms with Crippen LogP contribution >= 0.6 is 11.6 Å². The van der Waals surface area contributed by atoms with E-state index >= 15 is 0 Å². The van der Waals surface area contributed by atoms with E-state index in [0.717, 1.165) is 5.69 Å². The van der Waals surface area contributed by atoms with Crippen LogP contribution in [0.2, 0.25) is 5.02 Å². The van der Waals surface area contributed by atoms with Crippen molar-refractivity contribution in [2.75, 3.05) is 17.2 Å². The highest BCUT2D eigenvalue weighted by molar-refractivity contribution is 6.33. The van der Waals surface area contributed by atoms with Crippen molar-refractivity contribution in [3.8, 4) is 0 Å². The first kappa shape index (κ1) is 12.6. The fourth-order valence-electron chi connectivity index (χ4n) is 1.72. The van der Waals surface area contributed by atoms with E-state index in [9.17, 15) is 4.39 Å². The van der Waals surface area contributed by atoms with Crippen molar-refractivity contribution < 1.29 is 4.39 Å². The predicted molar refractivity (Wildman–Crippen MR) is 72.7 cm³/mol. The first-order valence-corrected chi connectivity index (χ1v) is 5.93. The van der Waals surface area contributed by atoms with Crippen molar-refractivity contribution in [1.82, 2.24) is 4.98 Å². The zero-order chi connectivity index (χ0) is 13.1. The fourth-order valence-corrected chi connectivity index (χ4v) is 2.00. The molecule has 0 amide bonds. The summed E-state index contributed by atoms with van der Waals surface area (Å²) in [6.45, 7) is 2.64. The zero-order valence-corrected chi connectivity index (χ0v) is 10.7. The molecule has 2 rings (SSSR count). The summed E-state index contributed by atoms with van der Waals surface area (Å²) < 4.78 is 12.9. The van der Waals surface area contributed by atoms with E-state index in [-0.39, 0.29) is 5.82 Å². The summed E-state index contributed by atoms with van der Waals surface area (Å²) in [5, 5.41) is 0.473. The number of pyridine rings is 1. The molecule has 2 N–H and O–H groups in total. The van der Waals surface area contributed by atoms with Crippen LogP contribution < -0.4 is 10.6 Å². The third-order valence-corrected chi connectivity index (χ3v) is 2.83. The number of benzene rings is 1. The van der Waals surface area contributed by atoms with Crippen molar-refractivity contribution in [3.63, 3.8) is 0 Å². The molecular formula is C13H13ClFN3. The van der Waals surface area contributed by atoms with E-state index in [1.54, 1.807) is 24.4 Å². The molecule has 1 heterocycles. The summed E-state index contributed by atoms with van der Waals surface area (Å²) >= 11 is 6.13. The standard InChI is InChI=1S/C13H13ClFN3/c1-2-18(11-5-3-9(15)4-6-11)13-12(14)7-10(16)8-17-13/h3-8H,2,16H2,1H3. The quantitative estimate of drug-likeness (QED) is 0.922. The largest absolute Gasteiger partial charge is 0.397 e. The van der Waals surface area contributed by atoms with Gasteiger partial charge in [-0.3, -0.25) is 0 Å². The van der Waals surface area contributed by atoms with E-state index < -0.39 is 0 Å². The van der Waals surface area contributed by atoms with E-state index in [1.165, 1.54) is 12.1 Å². The summed E-state index contributed by atoms with van der Waals surface area (Å²) in [5.74, 6) is 0.339. The number of nitrogens with two attached hydrogens (primary N) is 1. The maximum absolute atomic E-state index is 12.9. The number of hydrogen-bond acceptors (Lipinski definition) is 3. The lowest BCUT2D eigenvalue weighted by Crippen LogP contribution is -2.17. The van der Waals surface area contributed by atoms with Gasteiger partial charge in [-0.05, 0) is 37.3 Å². The van der Waals surface area contributed by atoms with Crippen LogP contribution in [0.25, 0.3) is 0 Å². The molecule has 0 fully saturated rings. The lowest BCUT2D eigenvalue weighted by Gasteiger charge is -2.23. The second-order valence-electron chi connectivity index (χ2n) is 3.79.